The number of aromatic hydroxyl groups is 1. The summed E-state index contributed by atoms with van der Waals surface area (Å²) in [6, 6.07) is 14.6. The topological polar surface area (TPSA) is 49.3 Å². The van der Waals surface area contributed by atoms with E-state index in [-0.39, 0.29) is 33.1 Å². The number of phenolic OH excluding ortho intramolecular Hbond substituents is 1. The SMILES string of the molecule is CC(=O)Nc1ccc(O)cc1-c1c(Cl)ccc(-c2ccccc2)c1C(F)(F)F. The van der Waals surface area contributed by atoms with Crippen molar-refractivity contribution < 1.29 is 23.1 Å². The van der Waals surface area contributed by atoms with Crippen molar-refractivity contribution in [1.82, 2.24) is 0 Å². The van der Waals surface area contributed by atoms with Gasteiger partial charge < -0.3 is 10.4 Å². The van der Waals surface area contributed by atoms with Crippen molar-refractivity contribution >= 4 is 23.2 Å². The number of carbonyl (C=O) groups is 1. The van der Waals surface area contributed by atoms with Crippen LogP contribution in [0.3, 0.4) is 0 Å². The monoisotopic (exact) mass is 405 g/mol. The molecule has 28 heavy (non-hydrogen) atoms. The van der Waals surface area contributed by atoms with Gasteiger partial charge in [0.25, 0.3) is 0 Å². The third kappa shape index (κ3) is 3.97. The smallest absolute Gasteiger partial charge is 0.417 e. The van der Waals surface area contributed by atoms with Crippen molar-refractivity contribution in [3.8, 4) is 28.0 Å². The van der Waals surface area contributed by atoms with Gasteiger partial charge in [-0.15, -0.1) is 0 Å². The molecule has 0 spiro atoms. The molecule has 0 saturated heterocycles. The molecule has 3 aromatic rings. The Balaban J connectivity index is 2.40. The van der Waals surface area contributed by atoms with Crippen molar-refractivity contribution in [2.45, 2.75) is 13.1 Å². The fraction of sp³-hybridized carbons (Fsp3) is 0.0952. The molecule has 2 N–H and O–H groups in total. The van der Waals surface area contributed by atoms with Crippen molar-refractivity contribution in [2.75, 3.05) is 5.32 Å². The number of alkyl halides is 3. The molecule has 0 bridgehead atoms. The standard InChI is InChI=1S/C21H15ClF3NO2/c1-12(27)26-18-10-7-14(28)11-16(18)19-17(22)9-8-15(20(19)21(23,24)25)13-5-3-2-4-6-13/h2-11,28H,1H3,(H,26,27). The predicted molar refractivity (Wildman–Crippen MR) is 103 cm³/mol. The van der Waals surface area contributed by atoms with Gasteiger partial charge in [-0.2, -0.15) is 13.2 Å². The van der Waals surface area contributed by atoms with Crippen molar-refractivity contribution in [3.05, 3.63) is 71.2 Å². The number of phenols is 1. The van der Waals surface area contributed by atoms with Gasteiger partial charge in [0.1, 0.15) is 5.75 Å². The van der Waals surface area contributed by atoms with Gasteiger partial charge in [0.05, 0.1) is 5.56 Å². The second-order valence-electron chi connectivity index (χ2n) is 6.12. The van der Waals surface area contributed by atoms with Gasteiger partial charge in [-0.05, 0) is 35.4 Å². The molecule has 0 aliphatic carbocycles. The molecule has 0 aliphatic heterocycles. The fourth-order valence-electron chi connectivity index (χ4n) is 3.03. The van der Waals surface area contributed by atoms with E-state index in [2.05, 4.69) is 5.32 Å². The van der Waals surface area contributed by atoms with Gasteiger partial charge in [0, 0.05) is 28.8 Å². The van der Waals surface area contributed by atoms with Crippen molar-refractivity contribution in [3.63, 3.8) is 0 Å². The number of nitrogens with one attached hydrogen (secondary N) is 1. The van der Waals surface area contributed by atoms with Gasteiger partial charge in [0.2, 0.25) is 5.91 Å². The molecule has 0 radical (unpaired) electrons. The Kier molecular flexibility index (Phi) is 5.34. The van der Waals surface area contributed by atoms with E-state index in [0.717, 1.165) is 6.07 Å². The summed E-state index contributed by atoms with van der Waals surface area (Å²) in [6.07, 6.45) is -4.73. The summed E-state index contributed by atoms with van der Waals surface area (Å²) in [5.74, 6) is -0.714. The van der Waals surface area contributed by atoms with E-state index in [1.54, 1.807) is 30.3 Å². The molecular formula is C21H15ClF3NO2. The predicted octanol–water partition coefficient (Wildman–Crippen LogP) is 6.36. The Labute approximate surface area is 164 Å². The molecule has 3 aromatic carbocycles. The molecule has 144 valence electrons. The fourth-order valence-corrected chi connectivity index (χ4v) is 3.29. The third-order valence-corrected chi connectivity index (χ3v) is 4.42. The van der Waals surface area contributed by atoms with Gasteiger partial charge in [0.15, 0.2) is 0 Å². The summed E-state index contributed by atoms with van der Waals surface area (Å²) in [7, 11) is 0. The lowest BCUT2D eigenvalue weighted by molar-refractivity contribution is -0.136. The van der Waals surface area contributed by atoms with E-state index >= 15 is 0 Å². The lowest BCUT2D eigenvalue weighted by Crippen LogP contribution is -2.12. The van der Waals surface area contributed by atoms with Crippen LogP contribution in [0.5, 0.6) is 5.75 Å². The van der Waals surface area contributed by atoms with Crippen LogP contribution in [0.4, 0.5) is 18.9 Å². The second-order valence-corrected chi connectivity index (χ2v) is 6.53. The highest BCUT2D eigenvalue weighted by atomic mass is 35.5. The molecule has 7 heteroatoms. The van der Waals surface area contributed by atoms with Gasteiger partial charge in [-0.25, -0.2) is 0 Å². The van der Waals surface area contributed by atoms with Crippen LogP contribution in [-0.2, 0) is 11.0 Å². The van der Waals surface area contributed by atoms with E-state index in [1.807, 2.05) is 0 Å². The third-order valence-electron chi connectivity index (χ3n) is 4.11. The molecule has 0 saturated carbocycles. The van der Waals surface area contributed by atoms with Crippen LogP contribution in [-0.4, -0.2) is 11.0 Å². The first-order valence-electron chi connectivity index (χ1n) is 8.24. The van der Waals surface area contributed by atoms with Gasteiger partial charge in [-0.1, -0.05) is 48.0 Å². The van der Waals surface area contributed by atoms with E-state index in [0.29, 0.717) is 5.56 Å². The average molecular weight is 406 g/mol. The number of hydrogen-bond donors (Lipinski definition) is 2. The minimum Gasteiger partial charge on any atom is -0.508 e. The number of benzene rings is 3. The molecule has 0 atom stereocenters. The minimum atomic E-state index is -4.73. The molecule has 0 aliphatic rings. The Hall–Kier alpha value is -2.99. The first-order chi connectivity index (χ1) is 13.2. The van der Waals surface area contributed by atoms with Gasteiger partial charge in [-0.3, -0.25) is 4.79 Å². The Morgan fingerprint density at radius 2 is 1.68 bits per heavy atom. The first-order valence-corrected chi connectivity index (χ1v) is 8.62. The molecular weight excluding hydrogens is 391 g/mol. The summed E-state index contributed by atoms with van der Waals surface area (Å²) in [6.45, 7) is 1.24. The Bertz CT molecular complexity index is 1030. The van der Waals surface area contributed by atoms with Crippen LogP contribution in [0, 0.1) is 0 Å². The molecule has 0 heterocycles. The average Bonchev–Trinajstić information content (AvgIpc) is 2.62. The molecule has 1 amide bonds. The van der Waals surface area contributed by atoms with E-state index in [1.165, 1.54) is 31.2 Å². The summed E-state index contributed by atoms with van der Waals surface area (Å²) >= 11 is 6.20. The van der Waals surface area contributed by atoms with Crippen LogP contribution in [0.1, 0.15) is 12.5 Å². The zero-order valence-electron chi connectivity index (χ0n) is 14.6. The van der Waals surface area contributed by atoms with E-state index in [4.69, 9.17) is 11.6 Å². The number of carbonyl (C=O) groups excluding carboxylic acids is 1. The van der Waals surface area contributed by atoms with Crippen LogP contribution in [0.2, 0.25) is 5.02 Å². The second kappa shape index (κ2) is 7.56. The number of hydrogen-bond acceptors (Lipinski definition) is 2. The molecule has 0 fully saturated rings. The summed E-state index contributed by atoms with van der Waals surface area (Å²) in [5.41, 5.74) is -0.842. The molecule has 0 aromatic heterocycles. The highest BCUT2D eigenvalue weighted by Crippen LogP contribution is 2.48. The van der Waals surface area contributed by atoms with Crippen molar-refractivity contribution in [2.24, 2.45) is 0 Å². The van der Waals surface area contributed by atoms with Crippen LogP contribution >= 0.6 is 11.6 Å². The van der Waals surface area contributed by atoms with Crippen LogP contribution in [0.15, 0.2) is 60.7 Å². The number of rotatable bonds is 3. The number of anilines is 1. The first kappa shape index (κ1) is 19.8. The Morgan fingerprint density at radius 1 is 1.00 bits per heavy atom. The largest absolute Gasteiger partial charge is 0.508 e. The molecule has 3 nitrogen and oxygen atoms in total. The summed E-state index contributed by atoms with van der Waals surface area (Å²) < 4.78 is 42.4. The minimum absolute atomic E-state index is 0.0229. The molecule has 3 rings (SSSR count). The maximum atomic E-state index is 14.1. The van der Waals surface area contributed by atoms with E-state index in [9.17, 15) is 23.1 Å². The lowest BCUT2D eigenvalue weighted by Gasteiger charge is -2.21. The quantitative estimate of drug-likeness (QED) is 0.498. The Morgan fingerprint density at radius 3 is 2.29 bits per heavy atom. The van der Waals surface area contributed by atoms with Crippen LogP contribution in [0.25, 0.3) is 22.3 Å². The van der Waals surface area contributed by atoms with Crippen molar-refractivity contribution in [1.29, 1.82) is 0 Å². The van der Waals surface area contributed by atoms with Gasteiger partial charge >= 0.3 is 6.18 Å². The number of amides is 1. The maximum Gasteiger partial charge on any atom is 0.417 e. The summed E-state index contributed by atoms with van der Waals surface area (Å²) in [4.78, 5) is 11.5. The summed E-state index contributed by atoms with van der Waals surface area (Å²) in [5, 5.41) is 12.2. The maximum absolute atomic E-state index is 14.1. The number of halogens is 4. The normalized spacial score (nSPS) is 11.3. The van der Waals surface area contributed by atoms with Crippen LogP contribution < -0.4 is 5.32 Å². The van der Waals surface area contributed by atoms with E-state index < -0.39 is 17.6 Å². The highest BCUT2D eigenvalue weighted by Gasteiger charge is 2.38. The lowest BCUT2D eigenvalue weighted by atomic mass is 9.90. The zero-order valence-corrected chi connectivity index (χ0v) is 15.4. The molecule has 0 unspecified atom stereocenters. The highest BCUT2D eigenvalue weighted by molar-refractivity contribution is 6.34. The zero-order chi connectivity index (χ0) is 20.5.